The summed E-state index contributed by atoms with van der Waals surface area (Å²) in [5.41, 5.74) is 0. The second kappa shape index (κ2) is 12.3. The van der Waals surface area contributed by atoms with Gasteiger partial charge in [0.2, 0.25) is 5.91 Å². The highest BCUT2D eigenvalue weighted by Gasteiger charge is 2.18. The van der Waals surface area contributed by atoms with Crippen molar-refractivity contribution in [1.82, 2.24) is 5.32 Å². The molecule has 5 nitrogen and oxygen atoms in total. The topological polar surface area (TPSA) is 66.4 Å². The van der Waals surface area contributed by atoms with Crippen molar-refractivity contribution in [2.75, 3.05) is 33.7 Å². The number of alkyl halides is 1. The Morgan fingerprint density at radius 2 is 1.78 bits per heavy atom. The summed E-state index contributed by atoms with van der Waals surface area (Å²) in [4.78, 5) is 22.4. The van der Waals surface area contributed by atoms with Gasteiger partial charge in [-0.25, -0.2) is 9.18 Å². The lowest BCUT2D eigenvalue weighted by atomic mass is 10.1. The second-order valence-electron chi connectivity index (χ2n) is 6.90. The van der Waals surface area contributed by atoms with Gasteiger partial charge in [-0.2, -0.15) is 0 Å². The monoisotopic (exact) mass is 333 g/mol. The molecule has 0 aliphatic carbocycles. The van der Waals surface area contributed by atoms with Crippen molar-refractivity contribution in [3.8, 4) is 0 Å². The van der Waals surface area contributed by atoms with Gasteiger partial charge in [-0.1, -0.05) is 26.2 Å². The van der Waals surface area contributed by atoms with Crippen molar-refractivity contribution in [3.63, 3.8) is 0 Å². The van der Waals surface area contributed by atoms with Crippen LogP contribution in [-0.4, -0.2) is 61.4 Å². The molecule has 0 fully saturated rings. The molecule has 0 aromatic carbocycles. The number of carbonyl (C=O) groups is 2. The summed E-state index contributed by atoms with van der Waals surface area (Å²) in [6, 6.07) is 0. The molecule has 0 radical (unpaired) electrons. The van der Waals surface area contributed by atoms with E-state index >= 15 is 0 Å². The molecule has 0 heterocycles. The average Bonchev–Trinajstić information content (AvgIpc) is 2.42. The largest absolute Gasteiger partial charge is 0.477 e. The van der Waals surface area contributed by atoms with Crippen LogP contribution in [0.25, 0.3) is 0 Å². The first-order valence-electron chi connectivity index (χ1n) is 8.71. The van der Waals surface area contributed by atoms with Gasteiger partial charge >= 0.3 is 5.97 Å². The lowest BCUT2D eigenvalue weighted by Gasteiger charge is -2.27. The number of carboxylic acid groups (broad SMARTS) is 1. The van der Waals surface area contributed by atoms with Crippen LogP contribution >= 0.6 is 0 Å². The zero-order valence-electron chi connectivity index (χ0n) is 14.9. The Morgan fingerprint density at radius 3 is 2.39 bits per heavy atom. The molecule has 0 saturated carbocycles. The highest BCUT2D eigenvalue weighted by atomic mass is 19.1. The lowest BCUT2D eigenvalue weighted by Crippen LogP contribution is -2.45. The fourth-order valence-corrected chi connectivity index (χ4v) is 2.51. The van der Waals surface area contributed by atoms with Gasteiger partial charge in [0.15, 0.2) is 6.54 Å². The third kappa shape index (κ3) is 14.2. The molecule has 0 saturated heterocycles. The smallest absolute Gasteiger partial charge is 0.359 e. The van der Waals surface area contributed by atoms with Crippen molar-refractivity contribution >= 4 is 11.9 Å². The van der Waals surface area contributed by atoms with Gasteiger partial charge in [-0.05, 0) is 19.3 Å². The number of unbranched alkanes of at least 4 members (excludes halogenated alkanes) is 2. The summed E-state index contributed by atoms with van der Waals surface area (Å²) >= 11 is 0. The maximum absolute atomic E-state index is 13.5. The summed E-state index contributed by atoms with van der Waals surface area (Å²) in [5, 5.41) is 11.6. The van der Waals surface area contributed by atoms with Gasteiger partial charge < -0.3 is 14.9 Å². The molecule has 23 heavy (non-hydrogen) atoms. The number of aliphatic carboxylic acids is 1. The summed E-state index contributed by atoms with van der Waals surface area (Å²) in [7, 11) is 3.71. The molecule has 0 rings (SSSR count). The fraction of sp³-hybridized carbons (Fsp3) is 0.882. The van der Waals surface area contributed by atoms with E-state index in [4.69, 9.17) is 5.11 Å². The predicted molar refractivity (Wildman–Crippen MR) is 90.0 cm³/mol. The first-order valence-corrected chi connectivity index (χ1v) is 8.71. The number of carboxylic acids is 1. The zero-order valence-corrected chi connectivity index (χ0v) is 14.9. The Kier molecular flexibility index (Phi) is 11.7. The number of halogens is 1. The second-order valence-corrected chi connectivity index (χ2v) is 6.90. The first-order chi connectivity index (χ1) is 10.8. The Hall–Kier alpha value is -1.17. The van der Waals surface area contributed by atoms with E-state index in [9.17, 15) is 14.0 Å². The fourth-order valence-electron chi connectivity index (χ4n) is 2.51. The summed E-state index contributed by atoms with van der Waals surface area (Å²) in [5.74, 6) is -0.868. The number of hydrogen-bond acceptors (Lipinski definition) is 2. The third-order valence-electron chi connectivity index (χ3n) is 3.87. The van der Waals surface area contributed by atoms with E-state index in [0.717, 1.165) is 25.7 Å². The molecule has 1 atom stereocenters. The van der Waals surface area contributed by atoms with E-state index in [1.807, 2.05) is 14.1 Å². The number of likely N-dealkylation sites (N-methyl/N-ethyl adjacent to an activating group) is 1. The number of nitrogens with one attached hydrogen (secondary N) is 1. The standard InChI is InChI=1S/C17H33FN2O3/c1-4-5-6-9-15(18)10-7-11-16(21)19-12-8-13-20(2,3)14-17(22)23/h15H,4-14H2,1-3H3,(H-,19,21,22,23)/p+1. The number of amides is 1. The van der Waals surface area contributed by atoms with E-state index in [1.54, 1.807) is 0 Å². The van der Waals surface area contributed by atoms with Crippen molar-refractivity contribution in [1.29, 1.82) is 0 Å². The molecule has 1 unspecified atom stereocenters. The summed E-state index contributed by atoms with van der Waals surface area (Å²) in [6.45, 7) is 3.40. The van der Waals surface area contributed by atoms with Gasteiger partial charge in [0, 0.05) is 19.4 Å². The van der Waals surface area contributed by atoms with Crippen LogP contribution in [0.3, 0.4) is 0 Å². The van der Waals surface area contributed by atoms with Gasteiger partial charge in [-0.15, -0.1) is 0 Å². The van der Waals surface area contributed by atoms with Gasteiger partial charge in [-0.3, -0.25) is 4.79 Å². The number of hydrogen-bond donors (Lipinski definition) is 2. The molecule has 0 bridgehead atoms. The van der Waals surface area contributed by atoms with E-state index in [0.29, 0.717) is 43.3 Å². The molecule has 2 N–H and O–H groups in total. The molecule has 136 valence electrons. The lowest BCUT2D eigenvalue weighted by molar-refractivity contribution is -0.883. The summed E-state index contributed by atoms with van der Waals surface area (Å²) < 4.78 is 13.9. The number of rotatable bonds is 14. The highest BCUT2D eigenvalue weighted by Crippen LogP contribution is 2.13. The van der Waals surface area contributed by atoms with Crippen LogP contribution in [-0.2, 0) is 9.59 Å². The minimum atomic E-state index is -0.821. The summed E-state index contributed by atoms with van der Waals surface area (Å²) in [6.07, 6.45) is 5.04. The van der Waals surface area contributed by atoms with Crippen molar-refractivity contribution < 1.29 is 23.6 Å². The molecule has 1 amide bonds. The molecule has 0 aromatic heterocycles. The van der Waals surface area contributed by atoms with Gasteiger partial charge in [0.1, 0.15) is 6.17 Å². The maximum Gasteiger partial charge on any atom is 0.359 e. The molecule has 6 heteroatoms. The van der Waals surface area contributed by atoms with Crippen LogP contribution < -0.4 is 5.32 Å². The maximum atomic E-state index is 13.5. The first kappa shape index (κ1) is 21.8. The molecular weight excluding hydrogens is 299 g/mol. The van der Waals surface area contributed by atoms with Gasteiger partial charge in [0.05, 0.1) is 20.6 Å². The Balaban J connectivity index is 3.62. The van der Waals surface area contributed by atoms with E-state index in [2.05, 4.69) is 12.2 Å². The highest BCUT2D eigenvalue weighted by molar-refractivity contribution is 5.75. The van der Waals surface area contributed by atoms with Crippen LogP contribution in [0.4, 0.5) is 4.39 Å². The molecule has 0 aliphatic rings. The molecule has 0 aromatic rings. The van der Waals surface area contributed by atoms with Crippen LogP contribution in [0.5, 0.6) is 0 Å². The van der Waals surface area contributed by atoms with Crippen molar-refractivity contribution in [3.05, 3.63) is 0 Å². The van der Waals surface area contributed by atoms with Crippen LogP contribution in [0.2, 0.25) is 0 Å². The SMILES string of the molecule is CCCCCC(F)CCCC(=O)NCCC[N+](C)(C)CC(=O)O. The van der Waals surface area contributed by atoms with Crippen LogP contribution in [0.15, 0.2) is 0 Å². The van der Waals surface area contributed by atoms with Crippen LogP contribution in [0.1, 0.15) is 58.3 Å². The normalized spacial score (nSPS) is 12.9. The zero-order chi connectivity index (χ0) is 17.7. The minimum absolute atomic E-state index is 0.0469. The Labute approximate surface area is 139 Å². The molecule has 0 spiro atoms. The average molecular weight is 333 g/mol. The Morgan fingerprint density at radius 1 is 1.13 bits per heavy atom. The van der Waals surface area contributed by atoms with E-state index in [1.165, 1.54) is 0 Å². The predicted octanol–water partition coefficient (Wildman–Crippen LogP) is 2.74. The van der Waals surface area contributed by atoms with Crippen molar-refractivity contribution in [2.24, 2.45) is 0 Å². The number of nitrogens with zero attached hydrogens (tertiary/aromatic N) is 1. The van der Waals surface area contributed by atoms with E-state index in [-0.39, 0.29) is 12.5 Å². The molecular formula is C17H34FN2O3+. The van der Waals surface area contributed by atoms with Gasteiger partial charge in [0.25, 0.3) is 0 Å². The Bertz CT molecular complexity index is 349. The van der Waals surface area contributed by atoms with E-state index < -0.39 is 12.1 Å². The quantitative estimate of drug-likeness (QED) is 0.379. The number of quaternary nitrogens is 1. The number of carbonyl (C=O) groups excluding carboxylic acids is 1. The van der Waals surface area contributed by atoms with Crippen molar-refractivity contribution in [2.45, 2.75) is 64.5 Å². The minimum Gasteiger partial charge on any atom is -0.477 e. The molecule has 0 aliphatic heterocycles. The van der Waals surface area contributed by atoms with Crippen LogP contribution in [0, 0.1) is 0 Å². The third-order valence-corrected chi connectivity index (χ3v) is 3.87.